The zero-order valence-corrected chi connectivity index (χ0v) is 42.8. The van der Waals surface area contributed by atoms with E-state index in [-0.39, 0.29) is 31.6 Å². The molecule has 0 unspecified atom stereocenters. The fourth-order valence-corrected chi connectivity index (χ4v) is 7.88. The summed E-state index contributed by atoms with van der Waals surface area (Å²) in [5.41, 5.74) is 11.8. The normalized spacial score (nSPS) is 17.3. The van der Waals surface area contributed by atoms with Crippen LogP contribution in [0.15, 0.2) is 24.3 Å². The van der Waals surface area contributed by atoms with Crippen LogP contribution in [0.5, 0.6) is 5.75 Å². The Kier molecular flexibility index (Phi) is 26.6. The summed E-state index contributed by atoms with van der Waals surface area (Å²) in [6, 6.07) is -6.87. The van der Waals surface area contributed by atoms with Crippen LogP contribution in [-0.2, 0) is 59.2 Å². The number of phenolic OH excluding ortho intramolecular Hbond substituents is 1. The van der Waals surface area contributed by atoms with Gasteiger partial charge in [-0.3, -0.25) is 47.9 Å². The molecule has 1 aliphatic heterocycles. The summed E-state index contributed by atoms with van der Waals surface area (Å²) in [5, 5.41) is 58.6. The van der Waals surface area contributed by atoms with Crippen molar-refractivity contribution in [2.24, 2.45) is 23.3 Å². The number of carboxylic acids is 1. The van der Waals surface area contributed by atoms with Crippen LogP contribution in [0.4, 0.5) is 0 Å². The van der Waals surface area contributed by atoms with Crippen molar-refractivity contribution in [3.8, 4) is 5.75 Å². The van der Waals surface area contributed by atoms with Gasteiger partial charge < -0.3 is 79.3 Å². The molecule has 408 valence electrons. The third-order valence-electron chi connectivity index (χ3n) is 12.2. The Bertz CT molecular complexity index is 2100. The summed E-state index contributed by atoms with van der Waals surface area (Å²) in [6.07, 6.45) is 2.69. The molecule has 10 amide bonds. The molecule has 0 bridgehead atoms. The number of carboxylic acid groups (broad SMARTS) is 1. The molecule has 0 radical (unpaired) electrons. The van der Waals surface area contributed by atoms with E-state index >= 15 is 0 Å². The number of rotatable bonds is 31. The van der Waals surface area contributed by atoms with E-state index in [1.807, 2.05) is 6.26 Å². The average molecular weight is 1050 g/mol. The first kappa shape index (κ1) is 62.5. The summed E-state index contributed by atoms with van der Waals surface area (Å²) in [7, 11) is 0. The minimum Gasteiger partial charge on any atom is -0.508 e. The summed E-state index contributed by atoms with van der Waals surface area (Å²) < 4.78 is 0. The van der Waals surface area contributed by atoms with Gasteiger partial charge in [0.2, 0.25) is 59.1 Å². The lowest BCUT2D eigenvalue weighted by atomic mass is 9.96. The first-order valence-corrected chi connectivity index (χ1v) is 25.3. The molecule has 1 aromatic rings. The highest BCUT2D eigenvalue weighted by Gasteiger charge is 2.39. The SMILES string of the molecule is CC[C@H](C)[C@H](NC(=O)[C@H](C)NC(=O)[C@H](CO)NC(=O)[C@@H](NC(=O)[C@H](Cc1ccc(O)cc1)NC(=O)[C@H](CO)NC(=O)CNC(=O)[C@H](CC(N)=O)NC(=O)[C@@H]1CCCN1C(=O)[C@@H](N)CCSC)[C@@H](C)CC)C(=O)O. The van der Waals surface area contributed by atoms with Crippen LogP contribution in [0.2, 0.25) is 0 Å². The topological polar surface area (TPSA) is 420 Å². The van der Waals surface area contributed by atoms with Crippen molar-refractivity contribution in [2.75, 3.05) is 38.3 Å². The van der Waals surface area contributed by atoms with Gasteiger partial charge in [-0.05, 0) is 67.7 Å². The van der Waals surface area contributed by atoms with Crippen molar-refractivity contribution in [1.29, 1.82) is 0 Å². The van der Waals surface area contributed by atoms with E-state index < -0.39 is 157 Å². The highest BCUT2D eigenvalue weighted by atomic mass is 32.2. The zero-order chi connectivity index (χ0) is 55.1. The molecule has 1 saturated heterocycles. The first-order chi connectivity index (χ1) is 34.4. The van der Waals surface area contributed by atoms with Crippen LogP contribution in [-0.4, -0.2) is 183 Å². The Hall–Kier alpha value is -6.58. The van der Waals surface area contributed by atoms with Crippen LogP contribution in [0.1, 0.15) is 78.7 Å². The van der Waals surface area contributed by atoms with Crippen molar-refractivity contribution in [1.82, 2.24) is 47.4 Å². The van der Waals surface area contributed by atoms with Crippen LogP contribution in [0.3, 0.4) is 0 Å². The Morgan fingerprint density at radius 1 is 0.712 bits per heavy atom. The van der Waals surface area contributed by atoms with Gasteiger partial charge in [0, 0.05) is 13.0 Å². The van der Waals surface area contributed by atoms with E-state index in [4.69, 9.17) is 11.5 Å². The Labute approximate surface area is 427 Å². The van der Waals surface area contributed by atoms with Gasteiger partial charge in [0.15, 0.2) is 0 Å². The van der Waals surface area contributed by atoms with E-state index in [0.29, 0.717) is 30.6 Å². The molecule has 1 heterocycles. The largest absolute Gasteiger partial charge is 0.508 e. The second-order valence-electron chi connectivity index (χ2n) is 17.8. The Morgan fingerprint density at radius 2 is 1.26 bits per heavy atom. The lowest BCUT2D eigenvalue weighted by Crippen LogP contribution is -2.61. The number of carbonyl (C=O) groups excluding carboxylic acids is 10. The van der Waals surface area contributed by atoms with Crippen LogP contribution >= 0.6 is 11.8 Å². The van der Waals surface area contributed by atoms with Gasteiger partial charge in [-0.15, -0.1) is 0 Å². The van der Waals surface area contributed by atoms with Gasteiger partial charge in [-0.1, -0.05) is 52.7 Å². The summed E-state index contributed by atoms with van der Waals surface area (Å²) in [4.78, 5) is 145. The molecule has 0 aromatic heterocycles. The number of thioether (sulfide) groups is 1. The molecule has 73 heavy (non-hydrogen) atoms. The fraction of sp³-hybridized carbons (Fsp3) is 0.630. The number of nitrogens with one attached hydrogen (secondary N) is 8. The van der Waals surface area contributed by atoms with Gasteiger partial charge in [0.05, 0.1) is 32.2 Å². The number of nitrogens with two attached hydrogens (primary N) is 2. The van der Waals surface area contributed by atoms with E-state index in [0.717, 1.165) is 0 Å². The van der Waals surface area contributed by atoms with Gasteiger partial charge in [0.25, 0.3) is 0 Å². The molecule has 1 aliphatic rings. The number of aliphatic hydroxyl groups excluding tert-OH is 2. The number of nitrogens with zero attached hydrogens (tertiary/aromatic N) is 1. The minimum absolute atomic E-state index is 0.122. The number of aliphatic hydroxyl groups is 2. The molecular formula is C46H73N11O15S. The van der Waals surface area contributed by atoms with E-state index in [9.17, 15) is 73.2 Å². The number of hydrogen-bond donors (Lipinski definition) is 14. The molecule has 11 atom stereocenters. The monoisotopic (exact) mass is 1050 g/mol. The molecule has 0 spiro atoms. The van der Waals surface area contributed by atoms with Crippen LogP contribution in [0, 0.1) is 11.8 Å². The number of benzene rings is 1. The maximum Gasteiger partial charge on any atom is 0.326 e. The third kappa shape index (κ3) is 20.1. The van der Waals surface area contributed by atoms with E-state index in [1.165, 1.54) is 47.9 Å². The number of likely N-dealkylation sites (tertiary alicyclic amines) is 1. The van der Waals surface area contributed by atoms with Crippen molar-refractivity contribution in [3.63, 3.8) is 0 Å². The second-order valence-corrected chi connectivity index (χ2v) is 18.8. The first-order valence-electron chi connectivity index (χ1n) is 23.9. The summed E-state index contributed by atoms with van der Waals surface area (Å²) in [5.74, 6) is -11.0. The Balaban J connectivity index is 2.22. The minimum atomic E-state index is -1.75. The van der Waals surface area contributed by atoms with Crippen molar-refractivity contribution >= 4 is 76.8 Å². The molecule has 1 fully saturated rings. The van der Waals surface area contributed by atoms with Crippen molar-refractivity contribution < 1.29 is 73.2 Å². The standard InChI is InChI=1S/C46H73N11O15S/c1-7-23(3)36(44(69)54-32(22-59)41(66)50-25(5)38(63)56-37(46(71)72)24(4)8-2)55-40(65)29(18-26-11-13-27(60)14-12-26)52-42(67)31(21-58)51-35(62)20-49-39(64)30(19-34(48)61)53-43(68)33-10-9-16-57(33)45(70)28(47)15-17-73-6/h11-14,23-25,28-33,36-37,58-60H,7-10,15-22,47H2,1-6H3,(H2,48,61)(H,49,64)(H,50,66)(H,51,62)(H,52,67)(H,53,68)(H,54,69)(H,55,65)(H,56,63)(H,71,72)/t23-,24-,25-,28-,29-,30-,31-,32-,33-,36-,37-/m0/s1. The van der Waals surface area contributed by atoms with Crippen LogP contribution < -0.4 is 54.0 Å². The van der Waals surface area contributed by atoms with Gasteiger partial charge >= 0.3 is 5.97 Å². The second kappa shape index (κ2) is 31.1. The molecule has 0 saturated carbocycles. The lowest BCUT2D eigenvalue weighted by molar-refractivity contribution is -0.143. The number of hydrogen-bond acceptors (Lipinski definition) is 16. The number of phenols is 1. The lowest BCUT2D eigenvalue weighted by Gasteiger charge is -2.29. The summed E-state index contributed by atoms with van der Waals surface area (Å²) >= 11 is 1.50. The fourth-order valence-electron chi connectivity index (χ4n) is 7.39. The highest BCUT2D eigenvalue weighted by Crippen LogP contribution is 2.20. The molecule has 0 aliphatic carbocycles. The van der Waals surface area contributed by atoms with Gasteiger partial charge in [-0.2, -0.15) is 11.8 Å². The maximum atomic E-state index is 14.1. The van der Waals surface area contributed by atoms with E-state index in [1.54, 1.807) is 27.7 Å². The molecular weight excluding hydrogens is 979 g/mol. The van der Waals surface area contributed by atoms with Gasteiger partial charge in [0.1, 0.15) is 54.1 Å². The smallest absolute Gasteiger partial charge is 0.326 e. The predicted octanol–water partition coefficient (Wildman–Crippen LogP) is -4.43. The molecule has 16 N–H and O–H groups in total. The molecule has 1 aromatic carbocycles. The zero-order valence-electron chi connectivity index (χ0n) is 41.9. The number of primary amides is 1. The quantitative estimate of drug-likeness (QED) is 0.0334. The number of amides is 10. The number of carbonyl (C=O) groups is 11. The third-order valence-corrected chi connectivity index (χ3v) is 12.9. The number of aliphatic carboxylic acids is 1. The summed E-state index contributed by atoms with van der Waals surface area (Å²) in [6.45, 7) is 5.31. The highest BCUT2D eigenvalue weighted by molar-refractivity contribution is 7.98. The molecule has 2 rings (SSSR count). The van der Waals surface area contributed by atoms with E-state index in [2.05, 4.69) is 42.5 Å². The Morgan fingerprint density at radius 3 is 1.82 bits per heavy atom. The average Bonchev–Trinajstić information content (AvgIpc) is 3.86. The van der Waals surface area contributed by atoms with Crippen molar-refractivity contribution in [2.45, 2.75) is 134 Å². The van der Waals surface area contributed by atoms with Gasteiger partial charge in [-0.25, -0.2) is 4.79 Å². The maximum absolute atomic E-state index is 14.1. The molecule has 26 nitrogen and oxygen atoms in total. The van der Waals surface area contributed by atoms with Crippen LogP contribution in [0.25, 0.3) is 0 Å². The molecule has 27 heteroatoms. The number of aromatic hydroxyl groups is 1. The van der Waals surface area contributed by atoms with Crippen molar-refractivity contribution in [3.05, 3.63) is 29.8 Å². The predicted molar refractivity (Wildman–Crippen MR) is 264 cm³/mol.